The zero-order valence-electron chi connectivity index (χ0n) is 7.06. The summed E-state index contributed by atoms with van der Waals surface area (Å²) >= 11 is 0. The summed E-state index contributed by atoms with van der Waals surface area (Å²) in [6.45, 7) is 0. The molecule has 0 unspecified atom stereocenters. The Morgan fingerprint density at radius 3 is 1.93 bits per heavy atom. The van der Waals surface area contributed by atoms with Crippen molar-refractivity contribution >= 4 is 12.4 Å². The molecule has 0 saturated carbocycles. The predicted molar refractivity (Wildman–Crippen MR) is 54.7 cm³/mol. The van der Waals surface area contributed by atoms with Gasteiger partial charge in [0.05, 0.1) is 0 Å². The van der Waals surface area contributed by atoms with Crippen molar-refractivity contribution in [2.45, 2.75) is 6.17 Å². The Morgan fingerprint density at radius 2 is 1.50 bits per heavy atom. The van der Waals surface area contributed by atoms with Crippen LogP contribution >= 0.6 is 12.4 Å². The summed E-state index contributed by atoms with van der Waals surface area (Å²) in [4.78, 5) is 5.18. The van der Waals surface area contributed by atoms with E-state index in [1.807, 2.05) is 6.07 Å². The number of hydrogen-bond donors (Lipinski definition) is 0. The van der Waals surface area contributed by atoms with Crippen molar-refractivity contribution < 1.29 is 0 Å². The molecule has 0 heterocycles. The second kappa shape index (κ2) is 6.62. The van der Waals surface area contributed by atoms with Crippen LogP contribution in [0.5, 0.6) is 0 Å². The molecule has 0 atom stereocenters. The van der Waals surface area contributed by atoms with Crippen molar-refractivity contribution in [2.24, 2.45) is 10.2 Å². The van der Waals surface area contributed by atoms with E-state index in [1.54, 1.807) is 24.3 Å². The molecular weight excluding hydrogens is 204 g/mol. The Morgan fingerprint density at radius 1 is 1.00 bits per heavy atom. The van der Waals surface area contributed by atoms with Crippen molar-refractivity contribution in [1.29, 1.82) is 0 Å². The van der Waals surface area contributed by atoms with Crippen LogP contribution in [0.3, 0.4) is 0 Å². The van der Waals surface area contributed by atoms with Crippen LogP contribution < -0.4 is 0 Å². The summed E-state index contributed by atoms with van der Waals surface area (Å²) in [7, 11) is 0. The van der Waals surface area contributed by atoms with Crippen LogP contribution in [0.25, 0.3) is 20.9 Å². The minimum Gasteiger partial charge on any atom is -0.147 e. The minimum absolute atomic E-state index is 0. The third-order valence-corrected chi connectivity index (χ3v) is 1.42. The number of benzene rings is 1. The van der Waals surface area contributed by atoms with Gasteiger partial charge in [-0.15, -0.1) is 12.4 Å². The van der Waals surface area contributed by atoms with E-state index in [4.69, 9.17) is 11.1 Å². The highest BCUT2D eigenvalue weighted by Crippen LogP contribution is 2.18. The van der Waals surface area contributed by atoms with Crippen molar-refractivity contribution in [3.8, 4) is 0 Å². The fraction of sp³-hybridized carbons (Fsp3) is 0.143. The Balaban J connectivity index is 0.00000169. The van der Waals surface area contributed by atoms with E-state index in [0.29, 0.717) is 5.56 Å². The molecule has 1 rings (SSSR count). The Bertz CT molecular complexity index is 347. The molecule has 0 fully saturated rings. The highest BCUT2D eigenvalue weighted by molar-refractivity contribution is 5.85. The van der Waals surface area contributed by atoms with Crippen LogP contribution in [0.1, 0.15) is 11.7 Å². The SMILES string of the molecule is Cl.[N-]=[N+]=NC(N=[N+]=[N-])c1ccccc1. The first-order chi connectivity index (χ1) is 6.38. The van der Waals surface area contributed by atoms with Gasteiger partial charge in [-0.05, 0) is 16.6 Å². The van der Waals surface area contributed by atoms with Crippen molar-refractivity contribution in [3.05, 3.63) is 56.8 Å². The number of hydrogen-bond acceptors (Lipinski definition) is 2. The molecule has 0 aliphatic rings. The standard InChI is InChI=1S/C7H6N6.ClH/c8-12-10-7(11-13-9)6-4-2-1-3-5-6;/h1-5,7H;1H. The molecule has 0 aliphatic heterocycles. The molecule has 0 amide bonds. The fourth-order valence-corrected chi connectivity index (χ4v) is 0.879. The third kappa shape index (κ3) is 3.25. The zero-order chi connectivity index (χ0) is 9.52. The van der Waals surface area contributed by atoms with Crippen LogP contribution in [0.2, 0.25) is 0 Å². The topological polar surface area (TPSA) is 97.5 Å². The van der Waals surface area contributed by atoms with Gasteiger partial charge >= 0.3 is 0 Å². The zero-order valence-corrected chi connectivity index (χ0v) is 7.87. The maximum absolute atomic E-state index is 8.20. The van der Waals surface area contributed by atoms with Gasteiger partial charge in [-0.2, -0.15) is 0 Å². The van der Waals surface area contributed by atoms with Crippen LogP contribution in [-0.4, -0.2) is 0 Å². The average Bonchev–Trinajstić information content (AvgIpc) is 2.19. The molecular formula is C7H7ClN6. The predicted octanol–water partition coefficient (Wildman–Crippen LogP) is 3.73. The summed E-state index contributed by atoms with van der Waals surface area (Å²) in [5, 5.41) is 6.69. The summed E-state index contributed by atoms with van der Waals surface area (Å²) in [5.74, 6) is 0. The van der Waals surface area contributed by atoms with Gasteiger partial charge in [-0.25, -0.2) is 0 Å². The normalized spacial score (nSPS) is 10.0. The lowest BCUT2D eigenvalue weighted by molar-refractivity contribution is 0.757. The lowest BCUT2D eigenvalue weighted by Crippen LogP contribution is -1.87. The van der Waals surface area contributed by atoms with Crippen LogP contribution in [-0.2, 0) is 0 Å². The van der Waals surface area contributed by atoms with Gasteiger partial charge in [0.15, 0.2) is 0 Å². The number of halogens is 1. The molecule has 0 radical (unpaired) electrons. The summed E-state index contributed by atoms with van der Waals surface area (Å²) in [6.07, 6.45) is -0.795. The van der Waals surface area contributed by atoms with Crippen LogP contribution in [0.4, 0.5) is 0 Å². The molecule has 0 saturated heterocycles. The van der Waals surface area contributed by atoms with E-state index in [1.165, 1.54) is 0 Å². The Labute approximate surface area is 86.2 Å². The largest absolute Gasteiger partial charge is 0.147 e. The maximum atomic E-state index is 8.20. The van der Waals surface area contributed by atoms with E-state index < -0.39 is 6.17 Å². The highest BCUT2D eigenvalue weighted by Gasteiger charge is 2.04. The Kier molecular flexibility index (Phi) is 5.74. The second-order valence-corrected chi connectivity index (χ2v) is 2.19. The monoisotopic (exact) mass is 210 g/mol. The molecule has 72 valence electrons. The molecule has 1 aromatic carbocycles. The molecule has 0 N–H and O–H groups in total. The first-order valence-electron chi connectivity index (χ1n) is 3.52. The molecule has 0 aliphatic carbocycles. The Hall–Kier alpha value is -1.87. The third-order valence-electron chi connectivity index (χ3n) is 1.42. The van der Waals surface area contributed by atoms with Crippen molar-refractivity contribution in [1.82, 2.24) is 0 Å². The van der Waals surface area contributed by atoms with Crippen molar-refractivity contribution in [2.75, 3.05) is 0 Å². The van der Waals surface area contributed by atoms with Gasteiger partial charge in [0.1, 0.15) is 6.17 Å². The number of nitrogens with zero attached hydrogens (tertiary/aromatic N) is 6. The van der Waals surface area contributed by atoms with Gasteiger partial charge in [0.2, 0.25) is 0 Å². The molecule has 6 nitrogen and oxygen atoms in total. The molecule has 7 heteroatoms. The van der Waals surface area contributed by atoms with E-state index in [-0.39, 0.29) is 12.4 Å². The quantitative estimate of drug-likeness (QED) is 0.413. The molecule has 0 spiro atoms. The minimum atomic E-state index is -0.795. The van der Waals surface area contributed by atoms with E-state index >= 15 is 0 Å². The summed E-state index contributed by atoms with van der Waals surface area (Å²) < 4.78 is 0. The second-order valence-electron chi connectivity index (χ2n) is 2.19. The number of azide groups is 1. The molecule has 0 bridgehead atoms. The summed E-state index contributed by atoms with van der Waals surface area (Å²) in [6, 6.07) is 8.85. The van der Waals surface area contributed by atoms with Crippen molar-refractivity contribution in [3.63, 3.8) is 0 Å². The smallest absolute Gasteiger partial charge is 0.141 e. The van der Waals surface area contributed by atoms with Gasteiger partial charge < -0.3 is 0 Å². The van der Waals surface area contributed by atoms with Gasteiger partial charge in [-0.1, -0.05) is 40.6 Å². The van der Waals surface area contributed by atoms with Gasteiger partial charge in [0, 0.05) is 9.82 Å². The first kappa shape index (κ1) is 12.1. The lowest BCUT2D eigenvalue weighted by atomic mass is 10.2. The number of rotatable bonds is 3. The van der Waals surface area contributed by atoms with Gasteiger partial charge in [0.25, 0.3) is 0 Å². The highest BCUT2D eigenvalue weighted by atomic mass is 35.5. The average molecular weight is 211 g/mol. The molecule has 1 aromatic rings. The maximum Gasteiger partial charge on any atom is 0.141 e. The van der Waals surface area contributed by atoms with E-state index in [2.05, 4.69) is 20.1 Å². The van der Waals surface area contributed by atoms with Gasteiger partial charge in [-0.3, -0.25) is 0 Å². The summed E-state index contributed by atoms with van der Waals surface area (Å²) in [5.41, 5.74) is 17.1. The molecule has 0 aromatic heterocycles. The van der Waals surface area contributed by atoms with Crippen LogP contribution in [0.15, 0.2) is 40.6 Å². The van der Waals surface area contributed by atoms with E-state index in [0.717, 1.165) is 0 Å². The van der Waals surface area contributed by atoms with Crippen LogP contribution in [0, 0.1) is 0 Å². The first-order valence-corrected chi connectivity index (χ1v) is 3.52. The molecule has 14 heavy (non-hydrogen) atoms. The lowest BCUT2D eigenvalue weighted by Gasteiger charge is -2.02. The van der Waals surface area contributed by atoms with E-state index in [9.17, 15) is 0 Å². The fourth-order valence-electron chi connectivity index (χ4n) is 0.879.